The maximum absolute atomic E-state index is 13.3. The number of piperidine rings is 1. The minimum atomic E-state index is -0.675. The Balaban J connectivity index is 2.03. The van der Waals surface area contributed by atoms with Gasteiger partial charge in [-0.1, -0.05) is 32.0 Å². The van der Waals surface area contributed by atoms with Crippen molar-refractivity contribution in [2.24, 2.45) is 11.8 Å². The second-order valence-corrected chi connectivity index (χ2v) is 8.99. The molecule has 3 heterocycles. The Bertz CT molecular complexity index is 1240. The molecule has 0 saturated carbocycles. The summed E-state index contributed by atoms with van der Waals surface area (Å²) < 4.78 is 10.6. The molecule has 0 aliphatic carbocycles. The van der Waals surface area contributed by atoms with E-state index in [1.54, 1.807) is 13.8 Å². The molecule has 1 fully saturated rings. The second kappa shape index (κ2) is 9.25. The van der Waals surface area contributed by atoms with Gasteiger partial charge in [0.25, 0.3) is 0 Å². The van der Waals surface area contributed by atoms with Crippen LogP contribution in [0.15, 0.2) is 35.1 Å². The molecule has 2 atom stereocenters. The van der Waals surface area contributed by atoms with Crippen LogP contribution in [0.25, 0.3) is 22.2 Å². The first-order chi connectivity index (χ1) is 15.8. The molecule has 0 bridgehead atoms. The summed E-state index contributed by atoms with van der Waals surface area (Å²) in [5.74, 6) is 1.22. The van der Waals surface area contributed by atoms with Crippen LogP contribution < -0.4 is 15.1 Å². The minimum Gasteiger partial charge on any atom is -0.491 e. The van der Waals surface area contributed by atoms with Crippen LogP contribution in [0.4, 0.5) is 5.82 Å². The number of H-pyrrole nitrogens is 1. The number of ether oxygens (including phenoxy) is 2. The molecule has 0 spiro atoms. The van der Waals surface area contributed by atoms with Crippen LogP contribution in [0.2, 0.25) is 0 Å². The van der Waals surface area contributed by atoms with Crippen LogP contribution in [-0.4, -0.2) is 42.7 Å². The summed E-state index contributed by atoms with van der Waals surface area (Å²) in [6, 6.07) is 9.88. The number of rotatable bonds is 5. The molecule has 0 amide bonds. The van der Waals surface area contributed by atoms with Crippen LogP contribution in [0.3, 0.4) is 0 Å². The van der Waals surface area contributed by atoms with Gasteiger partial charge in [0.2, 0.25) is 5.43 Å². The molecule has 1 aliphatic rings. The highest BCUT2D eigenvalue weighted by atomic mass is 16.5. The zero-order chi connectivity index (χ0) is 23.7. The van der Waals surface area contributed by atoms with Crippen molar-refractivity contribution in [2.75, 3.05) is 31.7 Å². The molecule has 1 aromatic carbocycles. The molecule has 7 nitrogen and oxygen atoms in total. The van der Waals surface area contributed by atoms with Gasteiger partial charge in [-0.25, -0.2) is 9.78 Å². The standard InChI is InChI=1S/C26H31N3O4/c1-6-33-26(31)21-22(27-17(4)24(32-5)23(21)30)19-12-18-9-7-8-10-20(18)28-25(19)29-13-15(2)11-16(3)14-29/h7-10,12,15-16H,6,11,13-14H2,1-5H3,(H,27,30)/t15-,16-/m1/s1. The van der Waals surface area contributed by atoms with Crippen molar-refractivity contribution in [1.82, 2.24) is 9.97 Å². The fraction of sp³-hybridized carbons (Fsp3) is 0.423. The second-order valence-electron chi connectivity index (χ2n) is 8.99. The monoisotopic (exact) mass is 449 g/mol. The highest BCUT2D eigenvalue weighted by molar-refractivity contribution is 6.00. The largest absolute Gasteiger partial charge is 0.491 e. The molecule has 4 rings (SSSR count). The van der Waals surface area contributed by atoms with E-state index in [9.17, 15) is 9.59 Å². The number of aromatic amines is 1. The topological polar surface area (TPSA) is 84.5 Å². The molecule has 1 N–H and O–H groups in total. The van der Waals surface area contributed by atoms with E-state index in [2.05, 4.69) is 23.7 Å². The Hall–Kier alpha value is -3.35. The molecule has 174 valence electrons. The number of benzene rings is 1. The van der Waals surface area contributed by atoms with Crippen molar-refractivity contribution in [3.8, 4) is 17.0 Å². The van der Waals surface area contributed by atoms with Gasteiger partial charge in [0, 0.05) is 24.0 Å². The first-order valence-corrected chi connectivity index (χ1v) is 11.5. The number of fused-ring (bicyclic) bond motifs is 1. The van der Waals surface area contributed by atoms with Gasteiger partial charge in [0.1, 0.15) is 11.4 Å². The quantitative estimate of drug-likeness (QED) is 0.575. The van der Waals surface area contributed by atoms with Crippen LogP contribution in [0, 0.1) is 18.8 Å². The molecule has 3 aromatic rings. The maximum Gasteiger partial charge on any atom is 0.344 e. The molecule has 1 saturated heterocycles. The van der Waals surface area contributed by atoms with Gasteiger partial charge in [-0.15, -0.1) is 0 Å². The number of hydrogen-bond acceptors (Lipinski definition) is 6. The first-order valence-electron chi connectivity index (χ1n) is 11.5. The molecule has 33 heavy (non-hydrogen) atoms. The van der Waals surface area contributed by atoms with Crippen molar-refractivity contribution in [2.45, 2.75) is 34.1 Å². The third-order valence-electron chi connectivity index (χ3n) is 6.16. The lowest BCUT2D eigenvalue weighted by Crippen LogP contribution is -2.39. The number of pyridine rings is 2. The Morgan fingerprint density at radius 3 is 2.58 bits per heavy atom. The lowest BCUT2D eigenvalue weighted by atomic mass is 9.91. The number of nitrogens with zero attached hydrogens (tertiary/aromatic N) is 2. The highest BCUT2D eigenvalue weighted by Crippen LogP contribution is 2.36. The maximum atomic E-state index is 13.3. The van der Waals surface area contributed by atoms with Gasteiger partial charge in [-0.05, 0) is 44.2 Å². The van der Waals surface area contributed by atoms with E-state index in [4.69, 9.17) is 14.5 Å². The molecule has 0 unspecified atom stereocenters. The van der Waals surface area contributed by atoms with E-state index in [0.717, 1.165) is 36.2 Å². The number of carbonyl (C=O) groups excluding carboxylic acids is 1. The molecule has 0 radical (unpaired) electrons. The molecule has 1 aliphatic heterocycles. The van der Waals surface area contributed by atoms with Gasteiger partial charge in [-0.2, -0.15) is 0 Å². The van der Waals surface area contributed by atoms with Crippen molar-refractivity contribution in [3.63, 3.8) is 0 Å². The van der Waals surface area contributed by atoms with Crippen molar-refractivity contribution in [1.29, 1.82) is 0 Å². The van der Waals surface area contributed by atoms with E-state index in [0.29, 0.717) is 28.8 Å². The highest BCUT2D eigenvalue weighted by Gasteiger charge is 2.29. The van der Waals surface area contributed by atoms with Crippen molar-refractivity contribution in [3.05, 3.63) is 51.8 Å². The molecule has 2 aromatic heterocycles. The average molecular weight is 450 g/mol. The number of esters is 1. The lowest BCUT2D eigenvalue weighted by Gasteiger charge is -2.37. The zero-order valence-electron chi connectivity index (χ0n) is 19.9. The molecular formula is C26H31N3O4. The molecular weight excluding hydrogens is 418 g/mol. The zero-order valence-corrected chi connectivity index (χ0v) is 19.9. The van der Waals surface area contributed by atoms with E-state index >= 15 is 0 Å². The Morgan fingerprint density at radius 2 is 1.91 bits per heavy atom. The van der Waals surface area contributed by atoms with E-state index in [1.165, 1.54) is 7.11 Å². The van der Waals surface area contributed by atoms with Gasteiger partial charge >= 0.3 is 5.97 Å². The average Bonchev–Trinajstić information content (AvgIpc) is 2.77. The van der Waals surface area contributed by atoms with Gasteiger partial charge in [0.15, 0.2) is 5.75 Å². The van der Waals surface area contributed by atoms with Gasteiger partial charge < -0.3 is 19.4 Å². The van der Waals surface area contributed by atoms with Gasteiger partial charge in [0.05, 0.1) is 30.6 Å². The van der Waals surface area contributed by atoms with Crippen molar-refractivity contribution >= 4 is 22.7 Å². The number of carbonyl (C=O) groups is 1. The number of aromatic nitrogens is 2. The fourth-order valence-electron chi connectivity index (χ4n) is 4.92. The van der Waals surface area contributed by atoms with Crippen LogP contribution >= 0.6 is 0 Å². The summed E-state index contributed by atoms with van der Waals surface area (Å²) in [5, 5.41) is 0.929. The predicted molar refractivity (Wildman–Crippen MR) is 130 cm³/mol. The summed E-state index contributed by atoms with van der Waals surface area (Å²) in [6.07, 6.45) is 1.16. The SMILES string of the molecule is CCOC(=O)c1c(-c2cc3ccccc3nc2N2C[C@H](C)C[C@@H](C)C2)[nH]c(C)c(OC)c1=O. The summed E-state index contributed by atoms with van der Waals surface area (Å²) in [6.45, 7) is 9.85. The third kappa shape index (κ3) is 4.32. The number of anilines is 1. The Kier molecular flexibility index (Phi) is 6.40. The summed E-state index contributed by atoms with van der Waals surface area (Å²) in [4.78, 5) is 36.8. The first kappa shape index (κ1) is 22.8. The normalized spacial score (nSPS) is 18.4. The van der Waals surface area contributed by atoms with E-state index in [1.807, 2.05) is 30.3 Å². The van der Waals surface area contributed by atoms with Gasteiger partial charge in [-0.3, -0.25) is 4.79 Å². The summed E-state index contributed by atoms with van der Waals surface area (Å²) in [7, 11) is 1.42. The lowest BCUT2D eigenvalue weighted by molar-refractivity contribution is 0.0525. The van der Waals surface area contributed by atoms with Crippen LogP contribution in [-0.2, 0) is 4.74 Å². The number of aryl methyl sites for hydroxylation is 1. The Labute approximate surface area is 193 Å². The fourth-order valence-corrected chi connectivity index (χ4v) is 4.92. The van der Waals surface area contributed by atoms with Crippen LogP contribution in [0.5, 0.6) is 5.75 Å². The Morgan fingerprint density at radius 1 is 1.21 bits per heavy atom. The number of para-hydroxylation sites is 1. The summed E-state index contributed by atoms with van der Waals surface area (Å²) in [5.41, 5.74) is 1.99. The number of hydrogen-bond donors (Lipinski definition) is 1. The van der Waals surface area contributed by atoms with E-state index in [-0.39, 0.29) is 17.9 Å². The minimum absolute atomic E-state index is 0.0595. The summed E-state index contributed by atoms with van der Waals surface area (Å²) >= 11 is 0. The van der Waals surface area contributed by atoms with Crippen LogP contribution in [0.1, 0.15) is 43.2 Å². The number of nitrogens with one attached hydrogen (secondary N) is 1. The third-order valence-corrected chi connectivity index (χ3v) is 6.16. The van der Waals surface area contributed by atoms with E-state index < -0.39 is 11.4 Å². The number of methoxy groups -OCH3 is 1. The molecule has 7 heteroatoms. The smallest absolute Gasteiger partial charge is 0.344 e. The predicted octanol–water partition coefficient (Wildman–Crippen LogP) is 4.57. The van der Waals surface area contributed by atoms with Crippen molar-refractivity contribution < 1.29 is 14.3 Å².